The van der Waals surface area contributed by atoms with Crippen LogP contribution in [0.5, 0.6) is 0 Å². The third kappa shape index (κ3) is 3.80. The monoisotopic (exact) mass is 172 g/mol. The Labute approximate surface area is 70.5 Å². The molecule has 0 fully saturated rings. The summed E-state index contributed by atoms with van der Waals surface area (Å²) < 4.78 is 4.48. The number of carbonyl (C=O) groups is 1. The molecule has 0 amide bonds. The minimum Gasteiger partial charge on any atom is -0.468 e. The molecule has 0 saturated heterocycles. The van der Waals surface area contributed by atoms with Gasteiger partial charge in [-0.1, -0.05) is 12.0 Å². The number of likely N-dealkylation sites (N-methyl/N-ethyl adjacent to an activating group) is 1. The number of nitrogens with one attached hydrogen (secondary N) is 1. The van der Waals surface area contributed by atoms with E-state index in [2.05, 4.69) is 20.1 Å². The number of nitrogens with zero attached hydrogens (tertiary/aromatic N) is 3. The predicted molar refractivity (Wildman–Crippen MR) is 43.5 cm³/mol. The van der Waals surface area contributed by atoms with E-state index in [4.69, 9.17) is 5.53 Å². The second-order valence-corrected chi connectivity index (χ2v) is 2.05. The van der Waals surface area contributed by atoms with Crippen molar-refractivity contribution in [3.05, 3.63) is 10.4 Å². The zero-order valence-corrected chi connectivity index (χ0v) is 7.15. The molecule has 0 bridgehead atoms. The SMILES string of the molecule is CCNC(CN=[N+]=[N-])C(=O)OC. The number of hydrogen-bond acceptors (Lipinski definition) is 4. The summed E-state index contributed by atoms with van der Waals surface area (Å²) >= 11 is 0. The number of methoxy groups -OCH3 is 1. The topological polar surface area (TPSA) is 87.1 Å². The molecule has 0 rings (SSSR count). The highest BCUT2D eigenvalue weighted by Crippen LogP contribution is 1.89. The molecule has 0 aliphatic rings. The lowest BCUT2D eigenvalue weighted by Crippen LogP contribution is -2.39. The summed E-state index contributed by atoms with van der Waals surface area (Å²) in [6.45, 7) is 2.56. The van der Waals surface area contributed by atoms with Gasteiger partial charge >= 0.3 is 5.97 Å². The van der Waals surface area contributed by atoms with Crippen molar-refractivity contribution in [3.63, 3.8) is 0 Å². The van der Waals surface area contributed by atoms with Gasteiger partial charge in [0.2, 0.25) is 0 Å². The van der Waals surface area contributed by atoms with Crippen molar-refractivity contribution in [1.82, 2.24) is 5.32 Å². The lowest BCUT2D eigenvalue weighted by atomic mass is 10.3. The van der Waals surface area contributed by atoms with E-state index in [1.54, 1.807) is 0 Å². The summed E-state index contributed by atoms with van der Waals surface area (Å²) in [6.07, 6.45) is 0. The van der Waals surface area contributed by atoms with Crippen LogP contribution in [0.2, 0.25) is 0 Å². The van der Waals surface area contributed by atoms with Crippen LogP contribution in [0.1, 0.15) is 6.92 Å². The molecule has 0 aliphatic heterocycles. The van der Waals surface area contributed by atoms with Gasteiger partial charge < -0.3 is 10.1 Å². The van der Waals surface area contributed by atoms with Crippen molar-refractivity contribution >= 4 is 5.97 Å². The molecule has 12 heavy (non-hydrogen) atoms. The first kappa shape index (κ1) is 10.7. The van der Waals surface area contributed by atoms with E-state index in [-0.39, 0.29) is 6.54 Å². The average molecular weight is 172 g/mol. The van der Waals surface area contributed by atoms with Gasteiger partial charge in [-0.05, 0) is 12.1 Å². The summed E-state index contributed by atoms with van der Waals surface area (Å²) in [4.78, 5) is 13.5. The molecule has 0 aromatic heterocycles. The fourth-order valence-electron chi connectivity index (χ4n) is 0.729. The number of ether oxygens (including phenoxy) is 1. The van der Waals surface area contributed by atoms with E-state index in [1.165, 1.54) is 7.11 Å². The summed E-state index contributed by atoms with van der Waals surface area (Å²) in [5.74, 6) is -0.413. The maximum absolute atomic E-state index is 10.9. The molecular formula is C6H12N4O2. The van der Waals surface area contributed by atoms with Gasteiger partial charge in [0.25, 0.3) is 0 Å². The summed E-state index contributed by atoms with van der Waals surface area (Å²) in [5, 5.41) is 6.11. The number of esters is 1. The van der Waals surface area contributed by atoms with Crippen molar-refractivity contribution in [2.24, 2.45) is 5.11 Å². The third-order valence-electron chi connectivity index (χ3n) is 1.26. The molecule has 0 aromatic carbocycles. The van der Waals surface area contributed by atoms with Gasteiger partial charge in [0.15, 0.2) is 0 Å². The first-order valence-corrected chi connectivity index (χ1v) is 3.58. The predicted octanol–water partition coefficient (Wildman–Crippen LogP) is 0.448. The Kier molecular flexibility index (Phi) is 5.77. The maximum atomic E-state index is 10.9. The van der Waals surface area contributed by atoms with E-state index in [1.807, 2.05) is 6.92 Å². The molecule has 1 N–H and O–H groups in total. The van der Waals surface area contributed by atoms with Crippen LogP contribution in [0, 0.1) is 0 Å². The smallest absolute Gasteiger partial charge is 0.322 e. The molecular weight excluding hydrogens is 160 g/mol. The van der Waals surface area contributed by atoms with Crippen molar-refractivity contribution in [3.8, 4) is 0 Å². The number of azide groups is 1. The minimum atomic E-state index is -0.532. The Bertz CT molecular complexity index is 188. The van der Waals surface area contributed by atoms with Gasteiger partial charge in [0.05, 0.1) is 13.7 Å². The van der Waals surface area contributed by atoms with Crippen LogP contribution in [0.15, 0.2) is 5.11 Å². The Morgan fingerprint density at radius 2 is 2.50 bits per heavy atom. The van der Waals surface area contributed by atoms with Gasteiger partial charge in [-0.3, -0.25) is 4.79 Å². The lowest BCUT2D eigenvalue weighted by Gasteiger charge is -2.11. The lowest BCUT2D eigenvalue weighted by molar-refractivity contribution is -0.142. The quantitative estimate of drug-likeness (QED) is 0.282. The van der Waals surface area contributed by atoms with E-state index >= 15 is 0 Å². The largest absolute Gasteiger partial charge is 0.468 e. The van der Waals surface area contributed by atoms with Crippen LogP contribution in [-0.2, 0) is 9.53 Å². The average Bonchev–Trinajstić information content (AvgIpc) is 2.11. The van der Waals surface area contributed by atoms with E-state index in [9.17, 15) is 4.79 Å². The number of rotatable bonds is 5. The van der Waals surface area contributed by atoms with Crippen molar-refractivity contribution in [1.29, 1.82) is 0 Å². The van der Waals surface area contributed by atoms with Crippen LogP contribution >= 0.6 is 0 Å². The highest BCUT2D eigenvalue weighted by atomic mass is 16.5. The van der Waals surface area contributed by atoms with Gasteiger partial charge in [0, 0.05) is 4.91 Å². The second kappa shape index (κ2) is 6.45. The molecule has 0 aliphatic carbocycles. The van der Waals surface area contributed by atoms with Gasteiger partial charge in [0.1, 0.15) is 6.04 Å². The Balaban J connectivity index is 4.01. The highest BCUT2D eigenvalue weighted by molar-refractivity contribution is 5.75. The van der Waals surface area contributed by atoms with Crippen molar-refractivity contribution in [2.45, 2.75) is 13.0 Å². The minimum absolute atomic E-state index is 0.0804. The molecule has 68 valence electrons. The van der Waals surface area contributed by atoms with E-state index < -0.39 is 12.0 Å². The molecule has 0 saturated carbocycles. The molecule has 0 heterocycles. The number of carbonyl (C=O) groups excluding carboxylic acids is 1. The summed E-state index contributed by atoms with van der Waals surface area (Å²) in [7, 11) is 1.29. The van der Waals surface area contributed by atoms with E-state index in [0.717, 1.165) is 0 Å². The second-order valence-electron chi connectivity index (χ2n) is 2.05. The van der Waals surface area contributed by atoms with Crippen LogP contribution in [0.4, 0.5) is 0 Å². The third-order valence-corrected chi connectivity index (χ3v) is 1.26. The van der Waals surface area contributed by atoms with Crippen LogP contribution in [0.25, 0.3) is 10.4 Å². The van der Waals surface area contributed by atoms with E-state index in [0.29, 0.717) is 6.54 Å². The van der Waals surface area contributed by atoms with Crippen molar-refractivity contribution < 1.29 is 9.53 Å². The van der Waals surface area contributed by atoms with Gasteiger partial charge in [-0.15, -0.1) is 0 Å². The maximum Gasteiger partial charge on any atom is 0.322 e. The van der Waals surface area contributed by atoms with Crippen LogP contribution in [0.3, 0.4) is 0 Å². The highest BCUT2D eigenvalue weighted by Gasteiger charge is 2.15. The molecule has 0 radical (unpaired) electrons. The molecule has 6 heteroatoms. The van der Waals surface area contributed by atoms with Crippen molar-refractivity contribution in [2.75, 3.05) is 20.2 Å². The fraction of sp³-hybridized carbons (Fsp3) is 0.833. The van der Waals surface area contributed by atoms with Crippen LogP contribution in [-0.4, -0.2) is 32.2 Å². The zero-order valence-electron chi connectivity index (χ0n) is 7.15. The fourth-order valence-corrected chi connectivity index (χ4v) is 0.729. The molecule has 1 unspecified atom stereocenters. The summed E-state index contributed by atoms with van der Waals surface area (Å²) in [5.41, 5.74) is 8.02. The Morgan fingerprint density at radius 1 is 1.83 bits per heavy atom. The first-order valence-electron chi connectivity index (χ1n) is 3.58. The first-order chi connectivity index (χ1) is 5.76. The molecule has 0 aromatic rings. The van der Waals surface area contributed by atoms with Gasteiger partial charge in [-0.2, -0.15) is 0 Å². The normalized spacial score (nSPS) is 11.5. The Morgan fingerprint density at radius 3 is 2.92 bits per heavy atom. The molecule has 0 spiro atoms. The zero-order chi connectivity index (χ0) is 9.40. The molecule has 6 nitrogen and oxygen atoms in total. The number of hydrogen-bond donors (Lipinski definition) is 1. The molecule has 1 atom stereocenters. The standard InChI is InChI=1S/C6H12N4O2/c1-3-8-5(4-9-10-7)6(11)12-2/h5,8H,3-4H2,1-2H3. The summed E-state index contributed by atoms with van der Waals surface area (Å²) in [6, 6.07) is -0.532. The van der Waals surface area contributed by atoms with Crippen LogP contribution < -0.4 is 5.32 Å². The Hall–Kier alpha value is -1.26. The van der Waals surface area contributed by atoms with Gasteiger partial charge in [-0.25, -0.2) is 0 Å².